The van der Waals surface area contributed by atoms with Crippen molar-refractivity contribution in [2.45, 2.75) is 34.6 Å². The molecular weight excluding hydrogens is 252 g/mol. The highest BCUT2D eigenvalue weighted by Gasteiger charge is 2.24. The Kier molecular flexibility index (Phi) is 4.61. The van der Waals surface area contributed by atoms with Gasteiger partial charge in [0, 0.05) is 11.1 Å². The minimum atomic E-state index is -0.277. The van der Waals surface area contributed by atoms with Crippen molar-refractivity contribution in [2.24, 2.45) is 5.73 Å². The predicted molar refractivity (Wildman–Crippen MR) is 82.4 cm³/mol. The third kappa shape index (κ3) is 2.85. The van der Waals surface area contributed by atoms with Gasteiger partial charge in [-0.05, 0) is 51.8 Å². The van der Waals surface area contributed by atoms with Gasteiger partial charge in [0.15, 0.2) is 0 Å². The van der Waals surface area contributed by atoms with Crippen LogP contribution < -0.4 is 10.6 Å². The van der Waals surface area contributed by atoms with Crippen molar-refractivity contribution >= 4 is 11.6 Å². The number of phenolic OH excluding ortho intramolecular Hbond substituents is 1. The highest BCUT2D eigenvalue weighted by atomic mass is 16.3. The van der Waals surface area contributed by atoms with Crippen LogP contribution >= 0.6 is 0 Å². The number of carbonyl (C=O) groups excluding carboxylic acids is 1. The molecule has 0 unspecified atom stereocenters. The first-order chi connectivity index (χ1) is 9.18. The van der Waals surface area contributed by atoms with Crippen LogP contribution in [0.3, 0.4) is 0 Å². The van der Waals surface area contributed by atoms with Gasteiger partial charge in [-0.15, -0.1) is 0 Å². The number of amides is 1. The number of nitrogens with two attached hydrogens (primary N) is 1. The van der Waals surface area contributed by atoms with E-state index in [-0.39, 0.29) is 11.7 Å². The monoisotopic (exact) mass is 274 g/mol. The largest absolute Gasteiger partial charge is 0.508 e. The lowest BCUT2D eigenvalue weighted by Crippen LogP contribution is -2.36. The molecule has 20 heavy (non-hydrogen) atoms. The van der Waals surface area contributed by atoms with Gasteiger partial charge in [0.2, 0.25) is 0 Å². The first-order valence-corrected chi connectivity index (χ1v) is 6.40. The average molecular weight is 274 g/mol. The Morgan fingerprint density at radius 3 is 2.25 bits per heavy atom. The summed E-state index contributed by atoms with van der Waals surface area (Å²) in [6.45, 7) is 12.6. The fourth-order valence-electron chi connectivity index (χ4n) is 1.91. The lowest BCUT2D eigenvalue weighted by molar-refractivity contribution is -0.114. The molecule has 0 aliphatic heterocycles. The van der Waals surface area contributed by atoms with Crippen LogP contribution in [-0.2, 0) is 4.79 Å². The third-order valence-corrected chi connectivity index (χ3v) is 3.15. The van der Waals surface area contributed by atoms with Gasteiger partial charge in [-0.25, -0.2) is 0 Å². The van der Waals surface area contributed by atoms with E-state index in [1.165, 1.54) is 4.90 Å². The highest BCUT2D eigenvalue weighted by molar-refractivity contribution is 6.08. The third-order valence-electron chi connectivity index (χ3n) is 3.15. The summed E-state index contributed by atoms with van der Waals surface area (Å²) in [6.07, 6.45) is 0. The van der Waals surface area contributed by atoms with Crippen LogP contribution in [0.15, 0.2) is 35.7 Å². The molecule has 1 rings (SSSR count). The van der Waals surface area contributed by atoms with Gasteiger partial charge in [0.1, 0.15) is 11.6 Å². The van der Waals surface area contributed by atoms with Gasteiger partial charge in [0.25, 0.3) is 5.91 Å². The van der Waals surface area contributed by atoms with E-state index in [1.54, 1.807) is 26.0 Å². The Morgan fingerprint density at radius 1 is 1.25 bits per heavy atom. The fraction of sp³-hybridized carbons (Fsp3) is 0.312. The van der Waals surface area contributed by atoms with E-state index in [9.17, 15) is 9.90 Å². The molecule has 0 aliphatic rings. The van der Waals surface area contributed by atoms with Crippen LogP contribution in [0, 0.1) is 13.8 Å². The number of hydrogen-bond acceptors (Lipinski definition) is 3. The molecule has 0 spiro atoms. The van der Waals surface area contributed by atoms with Gasteiger partial charge >= 0.3 is 0 Å². The molecule has 0 radical (unpaired) electrons. The number of carbonyl (C=O) groups is 1. The minimum absolute atomic E-state index is 0.131. The molecule has 0 atom stereocenters. The van der Waals surface area contributed by atoms with Crippen molar-refractivity contribution in [3.63, 3.8) is 0 Å². The molecule has 0 aliphatic carbocycles. The van der Waals surface area contributed by atoms with Gasteiger partial charge in [-0.1, -0.05) is 12.6 Å². The molecular formula is C16H22N2O2. The molecule has 0 aromatic heterocycles. The quantitative estimate of drug-likeness (QED) is 0.832. The standard InChI is InChI=1S/C16H22N2O2/c1-9(2)15(17)18(16(20)10(3)4)14-11(5)7-8-13(19)12(14)6/h7-8,19H,3,17H2,1-2,4-6H3. The van der Waals surface area contributed by atoms with Crippen molar-refractivity contribution in [1.29, 1.82) is 0 Å². The summed E-state index contributed by atoms with van der Waals surface area (Å²) in [5.74, 6) is 0.210. The van der Waals surface area contributed by atoms with Gasteiger partial charge in [-0.3, -0.25) is 9.69 Å². The summed E-state index contributed by atoms with van der Waals surface area (Å²) in [5.41, 5.74) is 9.37. The van der Waals surface area contributed by atoms with E-state index in [0.717, 1.165) is 11.1 Å². The molecule has 3 N–H and O–H groups in total. The molecule has 1 aromatic carbocycles. The number of allylic oxidation sites excluding steroid dienone is 1. The van der Waals surface area contributed by atoms with Crippen molar-refractivity contribution in [3.8, 4) is 5.75 Å². The number of hydrogen-bond donors (Lipinski definition) is 2. The molecule has 0 fully saturated rings. The average Bonchev–Trinajstić information content (AvgIpc) is 2.37. The van der Waals surface area contributed by atoms with Crippen molar-refractivity contribution in [1.82, 2.24) is 0 Å². The van der Waals surface area contributed by atoms with Crippen LogP contribution in [0.5, 0.6) is 5.75 Å². The summed E-state index contributed by atoms with van der Waals surface area (Å²) in [7, 11) is 0. The van der Waals surface area contributed by atoms with E-state index < -0.39 is 0 Å². The molecule has 1 amide bonds. The van der Waals surface area contributed by atoms with E-state index >= 15 is 0 Å². The molecule has 108 valence electrons. The Labute approximate surface area is 120 Å². The topological polar surface area (TPSA) is 66.6 Å². The van der Waals surface area contributed by atoms with Crippen LogP contribution in [-0.4, -0.2) is 11.0 Å². The number of anilines is 1. The maximum Gasteiger partial charge on any atom is 0.259 e. The second kappa shape index (κ2) is 5.82. The zero-order valence-corrected chi connectivity index (χ0v) is 12.7. The summed E-state index contributed by atoms with van der Waals surface area (Å²) in [5, 5.41) is 9.90. The summed E-state index contributed by atoms with van der Waals surface area (Å²) in [6, 6.07) is 3.37. The number of aryl methyl sites for hydroxylation is 1. The molecule has 4 nitrogen and oxygen atoms in total. The van der Waals surface area contributed by atoms with E-state index in [1.807, 2.05) is 20.8 Å². The van der Waals surface area contributed by atoms with E-state index in [4.69, 9.17) is 5.73 Å². The Morgan fingerprint density at radius 2 is 1.80 bits per heavy atom. The molecule has 1 aromatic rings. The smallest absolute Gasteiger partial charge is 0.259 e. The SMILES string of the molecule is C=C(C)C(=O)N(C(N)=C(C)C)c1c(C)ccc(O)c1C. The fourth-order valence-corrected chi connectivity index (χ4v) is 1.91. The van der Waals surface area contributed by atoms with Crippen LogP contribution in [0.4, 0.5) is 5.69 Å². The molecule has 0 bridgehead atoms. The molecule has 0 saturated carbocycles. The number of nitrogens with zero attached hydrogens (tertiary/aromatic N) is 1. The zero-order chi connectivity index (χ0) is 15.6. The molecule has 0 saturated heterocycles. The van der Waals surface area contributed by atoms with E-state index in [2.05, 4.69) is 6.58 Å². The second-order valence-corrected chi connectivity index (χ2v) is 5.18. The Bertz CT molecular complexity index is 597. The van der Waals surface area contributed by atoms with Gasteiger partial charge in [0.05, 0.1) is 5.69 Å². The van der Waals surface area contributed by atoms with Crippen molar-refractivity contribution in [3.05, 3.63) is 46.8 Å². The minimum Gasteiger partial charge on any atom is -0.508 e. The second-order valence-electron chi connectivity index (χ2n) is 5.18. The lowest BCUT2D eigenvalue weighted by atomic mass is 10.1. The molecule has 0 heterocycles. The highest BCUT2D eigenvalue weighted by Crippen LogP contribution is 2.33. The number of aromatic hydroxyl groups is 1. The Hall–Kier alpha value is -2.23. The maximum absolute atomic E-state index is 12.4. The first kappa shape index (κ1) is 15.8. The van der Waals surface area contributed by atoms with Crippen LogP contribution in [0.1, 0.15) is 31.9 Å². The normalized spacial score (nSPS) is 10.1. The lowest BCUT2D eigenvalue weighted by Gasteiger charge is -2.27. The predicted octanol–water partition coefficient (Wildman–Crippen LogP) is 3.13. The summed E-state index contributed by atoms with van der Waals surface area (Å²) >= 11 is 0. The van der Waals surface area contributed by atoms with Gasteiger partial charge in [-0.2, -0.15) is 0 Å². The van der Waals surface area contributed by atoms with Crippen molar-refractivity contribution < 1.29 is 9.90 Å². The number of benzene rings is 1. The van der Waals surface area contributed by atoms with Crippen molar-refractivity contribution in [2.75, 3.05) is 4.90 Å². The zero-order valence-electron chi connectivity index (χ0n) is 12.7. The summed E-state index contributed by atoms with van der Waals surface area (Å²) < 4.78 is 0. The van der Waals surface area contributed by atoms with Crippen LogP contribution in [0.25, 0.3) is 0 Å². The molecule has 4 heteroatoms. The van der Waals surface area contributed by atoms with E-state index in [0.29, 0.717) is 22.6 Å². The number of phenols is 1. The van der Waals surface area contributed by atoms with Gasteiger partial charge < -0.3 is 10.8 Å². The van der Waals surface area contributed by atoms with Crippen LogP contribution in [0.2, 0.25) is 0 Å². The Balaban J connectivity index is 3.63. The summed E-state index contributed by atoms with van der Waals surface area (Å²) in [4.78, 5) is 13.9. The first-order valence-electron chi connectivity index (χ1n) is 6.40. The maximum atomic E-state index is 12.4. The number of rotatable bonds is 3.